The minimum absolute atomic E-state index is 0.111. The van der Waals surface area contributed by atoms with Gasteiger partial charge in [0, 0.05) is 18.7 Å². The largest absolute Gasteiger partial charge is 0.459 e. The number of nitrogens with two attached hydrogens (primary N) is 1. The van der Waals surface area contributed by atoms with E-state index in [0.717, 1.165) is 6.07 Å². The van der Waals surface area contributed by atoms with Crippen LogP contribution in [0.15, 0.2) is 36.5 Å². The van der Waals surface area contributed by atoms with Crippen molar-refractivity contribution in [2.45, 2.75) is 33.3 Å². The van der Waals surface area contributed by atoms with Crippen LogP contribution in [0, 0.1) is 12.7 Å². The van der Waals surface area contributed by atoms with Crippen LogP contribution in [0.2, 0.25) is 0 Å². The topological polar surface area (TPSA) is 100 Å². The number of ether oxygens (including phenoxy) is 1. The number of nitrogens with zero attached hydrogens (tertiary/aromatic N) is 3. The summed E-state index contributed by atoms with van der Waals surface area (Å²) in [5.41, 5.74) is 6.74. The quantitative estimate of drug-likeness (QED) is 0.577. The summed E-state index contributed by atoms with van der Waals surface area (Å²) in [7, 11) is 0. The maximum absolute atomic E-state index is 13.7. The molecule has 1 amide bonds. The zero-order valence-corrected chi connectivity index (χ0v) is 16.7. The Balaban J connectivity index is 1.99. The summed E-state index contributed by atoms with van der Waals surface area (Å²) >= 11 is 0. The van der Waals surface area contributed by atoms with Crippen LogP contribution in [0.4, 0.5) is 13.2 Å². The molecule has 1 aromatic carbocycles. The van der Waals surface area contributed by atoms with E-state index >= 15 is 0 Å². The first-order valence-corrected chi connectivity index (χ1v) is 9.20. The van der Waals surface area contributed by atoms with Crippen molar-refractivity contribution in [1.29, 1.82) is 0 Å². The molecule has 0 aliphatic heterocycles. The van der Waals surface area contributed by atoms with Gasteiger partial charge in [0.1, 0.15) is 12.4 Å². The van der Waals surface area contributed by atoms with E-state index < -0.39 is 29.7 Å². The molecule has 0 radical (unpaired) electrons. The Labute approximate surface area is 175 Å². The van der Waals surface area contributed by atoms with Crippen LogP contribution in [0.5, 0.6) is 0 Å². The number of hydrogen-bond donors (Lipinski definition) is 1. The number of benzene rings is 1. The van der Waals surface area contributed by atoms with E-state index in [1.807, 2.05) is 0 Å². The van der Waals surface area contributed by atoms with E-state index in [1.54, 1.807) is 19.1 Å². The van der Waals surface area contributed by atoms with Gasteiger partial charge >= 0.3 is 5.97 Å². The normalized spacial score (nSPS) is 11.0. The summed E-state index contributed by atoms with van der Waals surface area (Å²) in [6.45, 7) is 2.56. The Morgan fingerprint density at radius 3 is 2.58 bits per heavy atom. The van der Waals surface area contributed by atoms with E-state index in [0.29, 0.717) is 22.6 Å². The van der Waals surface area contributed by atoms with Gasteiger partial charge in [0.15, 0.2) is 5.82 Å². The predicted molar refractivity (Wildman–Crippen MR) is 104 cm³/mol. The first kappa shape index (κ1) is 22.0. The molecule has 162 valence electrons. The molecule has 3 aromatic rings. The van der Waals surface area contributed by atoms with Gasteiger partial charge in [0.2, 0.25) is 0 Å². The number of esters is 1. The lowest BCUT2D eigenvalue weighted by Crippen LogP contribution is -2.16. The number of aromatic nitrogens is 3. The molecule has 0 saturated carbocycles. The Hall–Kier alpha value is -3.69. The zero-order valence-electron chi connectivity index (χ0n) is 16.7. The van der Waals surface area contributed by atoms with Crippen LogP contribution in [0.3, 0.4) is 0 Å². The SMILES string of the molecule is CC(=O)OCc1c(C(N)=O)c(C)nn1-c1cc(Cc2cc(F)cc(C(F)F)c2)ccn1. The van der Waals surface area contributed by atoms with Gasteiger partial charge in [-0.15, -0.1) is 0 Å². The summed E-state index contributed by atoms with van der Waals surface area (Å²) in [5.74, 6) is -1.75. The fourth-order valence-electron chi connectivity index (χ4n) is 3.21. The summed E-state index contributed by atoms with van der Waals surface area (Å²) < 4.78 is 46.0. The molecule has 0 unspecified atom stereocenters. The van der Waals surface area contributed by atoms with Crippen LogP contribution in [0.1, 0.15) is 51.8 Å². The first-order chi connectivity index (χ1) is 14.7. The molecule has 0 fully saturated rings. The Morgan fingerprint density at radius 2 is 1.94 bits per heavy atom. The smallest absolute Gasteiger partial charge is 0.303 e. The number of carbonyl (C=O) groups is 2. The second kappa shape index (κ2) is 8.99. The van der Waals surface area contributed by atoms with E-state index in [2.05, 4.69) is 10.1 Å². The highest BCUT2D eigenvalue weighted by molar-refractivity contribution is 5.95. The third kappa shape index (κ3) is 5.08. The van der Waals surface area contributed by atoms with Gasteiger partial charge in [-0.2, -0.15) is 5.10 Å². The molecule has 0 spiro atoms. The molecule has 0 aliphatic rings. The first-order valence-electron chi connectivity index (χ1n) is 9.20. The molecule has 2 N–H and O–H groups in total. The van der Waals surface area contributed by atoms with Crippen LogP contribution < -0.4 is 5.73 Å². The Morgan fingerprint density at radius 1 is 1.19 bits per heavy atom. The minimum atomic E-state index is -2.79. The van der Waals surface area contributed by atoms with Gasteiger partial charge in [-0.1, -0.05) is 0 Å². The number of pyridine rings is 1. The van der Waals surface area contributed by atoms with Crippen LogP contribution in [-0.2, 0) is 22.6 Å². The maximum atomic E-state index is 13.7. The highest BCUT2D eigenvalue weighted by atomic mass is 19.3. The lowest BCUT2D eigenvalue weighted by Gasteiger charge is -2.10. The molecule has 0 bridgehead atoms. The standard InChI is InChI=1S/C21H19F3N4O3/c1-11-19(21(25)30)17(10-31-12(2)29)28(27-11)18-8-13(3-4-26-18)5-14-6-15(20(23)24)9-16(22)7-14/h3-4,6-9,20H,5,10H2,1-2H3,(H2,25,30). The van der Waals surface area contributed by atoms with Crippen molar-refractivity contribution in [3.05, 3.63) is 76.0 Å². The zero-order chi connectivity index (χ0) is 22.7. The molecule has 0 atom stereocenters. The molecule has 10 heteroatoms. The summed E-state index contributed by atoms with van der Waals surface area (Å²) in [5, 5.41) is 4.28. The van der Waals surface area contributed by atoms with Crippen molar-refractivity contribution >= 4 is 11.9 Å². The van der Waals surface area contributed by atoms with Crippen LogP contribution in [-0.4, -0.2) is 26.6 Å². The van der Waals surface area contributed by atoms with Crippen molar-refractivity contribution in [3.8, 4) is 5.82 Å². The molecule has 7 nitrogen and oxygen atoms in total. The van der Waals surface area contributed by atoms with Gasteiger partial charge in [-0.25, -0.2) is 22.8 Å². The van der Waals surface area contributed by atoms with Crippen molar-refractivity contribution in [2.24, 2.45) is 5.73 Å². The van der Waals surface area contributed by atoms with Gasteiger partial charge in [-0.05, 0) is 54.8 Å². The van der Waals surface area contributed by atoms with Crippen molar-refractivity contribution in [1.82, 2.24) is 14.8 Å². The molecule has 3 rings (SSSR count). The summed E-state index contributed by atoms with van der Waals surface area (Å²) in [6, 6.07) is 6.48. The van der Waals surface area contributed by atoms with Gasteiger partial charge in [0.25, 0.3) is 12.3 Å². The van der Waals surface area contributed by atoms with E-state index in [-0.39, 0.29) is 24.3 Å². The third-order valence-corrected chi connectivity index (χ3v) is 4.48. The highest BCUT2D eigenvalue weighted by Crippen LogP contribution is 2.24. The van der Waals surface area contributed by atoms with Gasteiger partial charge in [-0.3, -0.25) is 9.59 Å². The molecule has 2 aromatic heterocycles. The maximum Gasteiger partial charge on any atom is 0.303 e. The van der Waals surface area contributed by atoms with Crippen molar-refractivity contribution in [2.75, 3.05) is 0 Å². The molecular formula is C21H19F3N4O3. The third-order valence-electron chi connectivity index (χ3n) is 4.48. The number of hydrogen-bond acceptors (Lipinski definition) is 5. The van der Waals surface area contributed by atoms with Crippen molar-refractivity contribution in [3.63, 3.8) is 0 Å². The van der Waals surface area contributed by atoms with E-state index in [4.69, 9.17) is 10.5 Å². The second-order valence-electron chi connectivity index (χ2n) is 6.86. The number of rotatable bonds is 7. The highest BCUT2D eigenvalue weighted by Gasteiger charge is 2.22. The minimum Gasteiger partial charge on any atom is -0.459 e. The molecule has 2 heterocycles. The predicted octanol–water partition coefficient (Wildman–Crippen LogP) is 3.41. The molecule has 0 aliphatic carbocycles. The van der Waals surface area contributed by atoms with Crippen molar-refractivity contribution < 1.29 is 27.5 Å². The lowest BCUT2D eigenvalue weighted by atomic mass is 10.0. The van der Waals surface area contributed by atoms with E-state index in [9.17, 15) is 22.8 Å². The van der Waals surface area contributed by atoms with Gasteiger partial charge in [0.05, 0.1) is 17.0 Å². The second-order valence-corrected chi connectivity index (χ2v) is 6.86. The van der Waals surface area contributed by atoms with Gasteiger partial charge < -0.3 is 10.5 Å². The fourth-order valence-corrected chi connectivity index (χ4v) is 3.21. The van der Waals surface area contributed by atoms with E-state index in [1.165, 1.54) is 29.9 Å². The average Bonchev–Trinajstić information content (AvgIpc) is 3.02. The Bertz CT molecular complexity index is 1140. The summed E-state index contributed by atoms with van der Waals surface area (Å²) in [6.07, 6.45) is -1.16. The fraction of sp³-hybridized carbons (Fsp3) is 0.238. The molecule has 0 saturated heterocycles. The number of primary amides is 1. The monoisotopic (exact) mass is 432 g/mol. The molecular weight excluding hydrogens is 413 g/mol. The number of alkyl halides is 2. The number of aryl methyl sites for hydroxylation is 1. The number of carbonyl (C=O) groups excluding carboxylic acids is 2. The Kier molecular flexibility index (Phi) is 6.38. The summed E-state index contributed by atoms with van der Waals surface area (Å²) in [4.78, 5) is 27.3. The number of amides is 1. The molecule has 31 heavy (non-hydrogen) atoms. The number of halogens is 3. The average molecular weight is 432 g/mol. The van der Waals surface area contributed by atoms with Crippen LogP contribution in [0.25, 0.3) is 5.82 Å². The van der Waals surface area contributed by atoms with Crippen LogP contribution >= 0.6 is 0 Å². The lowest BCUT2D eigenvalue weighted by molar-refractivity contribution is -0.142.